The molecule has 1 rings (SSSR count). The number of hydrogen-bond acceptors (Lipinski definition) is 5. The van der Waals surface area contributed by atoms with E-state index in [1.54, 1.807) is 51.1 Å². The molecule has 1 aromatic rings. The van der Waals surface area contributed by atoms with Crippen LogP contribution in [-0.4, -0.2) is 33.5 Å². The van der Waals surface area contributed by atoms with Gasteiger partial charge in [-0.1, -0.05) is 30.3 Å². The van der Waals surface area contributed by atoms with Gasteiger partial charge in [-0.3, -0.25) is 10.5 Å². The average molecular weight is 295 g/mol. The van der Waals surface area contributed by atoms with E-state index in [-0.39, 0.29) is 6.42 Å². The summed E-state index contributed by atoms with van der Waals surface area (Å²) in [7, 11) is 0. The summed E-state index contributed by atoms with van der Waals surface area (Å²) in [6.07, 6.45) is -0.0327. The third-order valence-corrected chi connectivity index (χ3v) is 2.85. The Morgan fingerprint density at radius 3 is 2.19 bits per heavy atom. The van der Waals surface area contributed by atoms with Crippen LogP contribution in [-0.2, 0) is 20.7 Å². The Hall–Kier alpha value is -1.92. The molecule has 6 heteroatoms. The number of esters is 1. The van der Waals surface area contributed by atoms with Crippen molar-refractivity contribution >= 4 is 11.9 Å². The molecule has 0 spiro atoms. The van der Waals surface area contributed by atoms with Gasteiger partial charge < -0.3 is 14.9 Å². The third-order valence-electron chi connectivity index (χ3n) is 2.85. The standard InChI is InChI=1S/C15H21NO5/c1-14(2,3)21-12(17)11(15(16,20)13(18)19)9-10-7-5-4-6-8-10/h4-8,11,20H,9,16H2,1-3H3,(H,18,19)/t11-,15?/m1/s1. The first-order chi connectivity index (χ1) is 9.54. The van der Waals surface area contributed by atoms with Crippen LogP contribution in [0.3, 0.4) is 0 Å². The highest BCUT2D eigenvalue weighted by Crippen LogP contribution is 2.23. The van der Waals surface area contributed by atoms with E-state index in [4.69, 9.17) is 15.6 Å². The molecule has 21 heavy (non-hydrogen) atoms. The van der Waals surface area contributed by atoms with E-state index < -0.39 is 29.2 Å². The van der Waals surface area contributed by atoms with Crippen molar-refractivity contribution in [1.29, 1.82) is 0 Å². The second kappa shape index (κ2) is 6.24. The van der Waals surface area contributed by atoms with Gasteiger partial charge in [-0.2, -0.15) is 0 Å². The summed E-state index contributed by atoms with van der Waals surface area (Å²) in [6.45, 7) is 4.96. The SMILES string of the molecule is CC(C)(C)OC(=O)[C@@H](Cc1ccccc1)C(N)(O)C(=O)O. The zero-order valence-electron chi connectivity index (χ0n) is 12.4. The largest absolute Gasteiger partial charge is 0.478 e. The molecule has 0 heterocycles. The van der Waals surface area contributed by atoms with Crippen molar-refractivity contribution in [2.45, 2.75) is 38.5 Å². The van der Waals surface area contributed by atoms with Crippen molar-refractivity contribution < 1.29 is 24.5 Å². The van der Waals surface area contributed by atoms with Crippen molar-refractivity contribution in [3.05, 3.63) is 35.9 Å². The van der Waals surface area contributed by atoms with Crippen LogP contribution in [0.25, 0.3) is 0 Å². The molecule has 1 unspecified atom stereocenters. The highest BCUT2D eigenvalue weighted by atomic mass is 16.6. The van der Waals surface area contributed by atoms with Crippen LogP contribution < -0.4 is 5.73 Å². The maximum absolute atomic E-state index is 12.2. The minimum absolute atomic E-state index is 0.0327. The minimum atomic E-state index is -2.70. The molecule has 0 aliphatic carbocycles. The lowest BCUT2D eigenvalue weighted by atomic mass is 9.89. The second-order valence-corrected chi connectivity index (χ2v) is 5.91. The van der Waals surface area contributed by atoms with Gasteiger partial charge in [0.15, 0.2) is 0 Å². The summed E-state index contributed by atoms with van der Waals surface area (Å²) in [5.41, 5.74) is 2.60. The summed E-state index contributed by atoms with van der Waals surface area (Å²) in [5, 5.41) is 19.0. The highest BCUT2D eigenvalue weighted by molar-refractivity contribution is 5.86. The zero-order valence-corrected chi connectivity index (χ0v) is 12.4. The molecule has 116 valence electrons. The molecule has 0 saturated heterocycles. The van der Waals surface area contributed by atoms with Crippen LogP contribution >= 0.6 is 0 Å². The van der Waals surface area contributed by atoms with E-state index in [0.717, 1.165) is 0 Å². The van der Waals surface area contributed by atoms with Crippen LogP contribution in [0.2, 0.25) is 0 Å². The molecule has 2 atom stereocenters. The number of nitrogens with two attached hydrogens (primary N) is 1. The number of carbonyl (C=O) groups excluding carboxylic acids is 1. The fraction of sp³-hybridized carbons (Fsp3) is 0.467. The number of carboxylic acids is 1. The Labute approximate surface area is 123 Å². The van der Waals surface area contributed by atoms with E-state index in [1.165, 1.54) is 0 Å². The summed E-state index contributed by atoms with van der Waals surface area (Å²) in [4.78, 5) is 23.3. The van der Waals surface area contributed by atoms with Gasteiger partial charge >= 0.3 is 11.9 Å². The maximum atomic E-state index is 12.2. The summed E-state index contributed by atoms with van der Waals surface area (Å²) in [5.74, 6) is -3.93. The molecule has 0 radical (unpaired) electrons. The first-order valence-corrected chi connectivity index (χ1v) is 6.55. The van der Waals surface area contributed by atoms with Crippen LogP contribution in [0.1, 0.15) is 26.3 Å². The van der Waals surface area contributed by atoms with Crippen LogP contribution in [0.5, 0.6) is 0 Å². The number of ether oxygens (including phenoxy) is 1. The lowest BCUT2D eigenvalue weighted by Crippen LogP contribution is -2.58. The second-order valence-electron chi connectivity index (χ2n) is 5.91. The molecule has 0 aliphatic rings. The van der Waals surface area contributed by atoms with Crippen LogP contribution in [0, 0.1) is 5.92 Å². The number of hydrogen-bond donors (Lipinski definition) is 3. The molecule has 0 bridgehead atoms. The Bertz CT molecular complexity index is 505. The summed E-state index contributed by atoms with van der Waals surface area (Å²) in [6, 6.07) is 8.72. The number of benzene rings is 1. The predicted octanol–water partition coefficient (Wildman–Crippen LogP) is 0.919. The Morgan fingerprint density at radius 2 is 1.76 bits per heavy atom. The van der Waals surface area contributed by atoms with E-state index in [2.05, 4.69) is 0 Å². The summed E-state index contributed by atoms with van der Waals surface area (Å²) < 4.78 is 5.17. The lowest BCUT2D eigenvalue weighted by Gasteiger charge is -2.30. The van der Waals surface area contributed by atoms with Crippen LogP contribution in [0.15, 0.2) is 30.3 Å². The number of carboxylic acid groups (broad SMARTS) is 1. The van der Waals surface area contributed by atoms with Crippen molar-refractivity contribution in [2.75, 3.05) is 0 Å². The van der Waals surface area contributed by atoms with E-state index in [0.29, 0.717) is 5.56 Å². The van der Waals surface area contributed by atoms with E-state index >= 15 is 0 Å². The molecule has 0 aliphatic heterocycles. The third kappa shape index (κ3) is 4.84. The molecular weight excluding hydrogens is 274 g/mol. The molecular formula is C15H21NO5. The fourth-order valence-corrected chi connectivity index (χ4v) is 1.79. The molecule has 0 aromatic heterocycles. The first kappa shape index (κ1) is 17.1. The fourth-order valence-electron chi connectivity index (χ4n) is 1.79. The maximum Gasteiger partial charge on any atom is 0.351 e. The van der Waals surface area contributed by atoms with Gasteiger partial charge in [-0.15, -0.1) is 0 Å². The Kier molecular flexibility index (Phi) is 5.09. The molecule has 4 N–H and O–H groups in total. The van der Waals surface area contributed by atoms with Crippen LogP contribution in [0.4, 0.5) is 0 Å². The predicted molar refractivity (Wildman–Crippen MR) is 76.3 cm³/mol. The van der Waals surface area contributed by atoms with Gasteiger partial charge in [0.25, 0.3) is 0 Å². The number of rotatable bonds is 5. The normalized spacial score (nSPS) is 15.9. The molecule has 0 saturated carbocycles. The minimum Gasteiger partial charge on any atom is -0.478 e. The van der Waals surface area contributed by atoms with Crippen molar-refractivity contribution in [2.24, 2.45) is 11.7 Å². The van der Waals surface area contributed by atoms with Crippen molar-refractivity contribution in [1.82, 2.24) is 0 Å². The molecule has 6 nitrogen and oxygen atoms in total. The quantitative estimate of drug-likeness (QED) is 0.550. The van der Waals surface area contributed by atoms with Gasteiger partial charge in [0, 0.05) is 0 Å². The monoisotopic (exact) mass is 295 g/mol. The smallest absolute Gasteiger partial charge is 0.351 e. The van der Waals surface area contributed by atoms with E-state index in [9.17, 15) is 14.7 Å². The highest BCUT2D eigenvalue weighted by Gasteiger charge is 2.46. The van der Waals surface area contributed by atoms with Gasteiger partial charge in [0.2, 0.25) is 5.72 Å². The van der Waals surface area contributed by atoms with Gasteiger partial charge in [-0.25, -0.2) is 4.79 Å². The average Bonchev–Trinajstić information content (AvgIpc) is 2.34. The van der Waals surface area contributed by atoms with Crippen molar-refractivity contribution in [3.63, 3.8) is 0 Å². The first-order valence-electron chi connectivity index (χ1n) is 6.55. The van der Waals surface area contributed by atoms with Gasteiger partial charge in [0.1, 0.15) is 11.5 Å². The summed E-state index contributed by atoms with van der Waals surface area (Å²) >= 11 is 0. The molecule has 0 amide bonds. The van der Waals surface area contributed by atoms with E-state index in [1.807, 2.05) is 0 Å². The topological polar surface area (TPSA) is 110 Å². The van der Waals surface area contributed by atoms with Crippen molar-refractivity contribution in [3.8, 4) is 0 Å². The number of carbonyl (C=O) groups is 2. The van der Waals surface area contributed by atoms with Gasteiger partial charge in [-0.05, 0) is 32.8 Å². The number of aliphatic hydroxyl groups is 1. The molecule has 0 fully saturated rings. The Morgan fingerprint density at radius 1 is 1.24 bits per heavy atom. The number of aliphatic carboxylic acids is 1. The van der Waals surface area contributed by atoms with Gasteiger partial charge in [0.05, 0.1) is 0 Å². The zero-order chi connectivity index (χ0) is 16.3. The lowest BCUT2D eigenvalue weighted by molar-refractivity contribution is -0.182. The Balaban J connectivity index is 3.06. The molecule has 1 aromatic carbocycles.